The summed E-state index contributed by atoms with van der Waals surface area (Å²) in [6, 6.07) is 4.72. The second kappa shape index (κ2) is 4.99. The number of carboxylic acids is 1. The van der Waals surface area contributed by atoms with Gasteiger partial charge in [0.05, 0.1) is 12.7 Å². The molecule has 0 fully saturated rings. The first-order valence-electron chi connectivity index (χ1n) is 4.49. The molecule has 82 valence electrons. The zero-order chi connectivity index (χ0) is 12.1. The van der Waals surface area contributed by atoms with Gasteiger partial charge in [0.2, 0.25) is 0 Å². The minimum Gasteiger partial charge on any atom is -0.478 e. The lowest BCUT2D eigenvalue weighted by atomic mass is 10.0. The van der Waals surface area contributed by atoms with Gasteiger partial charge in [-0.3, -0.25) is 0 Å². The molecule has 0 amide bonds. The van der Waals surface area contributed by atoms with E-state index in [1.807, 2.05) is 0 Å². The van der Waals surface area contributed by atoms with E-state index < -0.39 is 11.9 Å². The van der Waals surface area contributed by atoms with Gasteiger partial charge in [-0.25, -0.2) is 9.59 Å². The molecule has 1 N–H and O–H groups in total. The lowest BCUT2D eigenvalue weighted by Crippen LogP contribution is -2.01. The van der Waals surface area contributed by atoms with Crippen LogP contribution in [0.1, 0.15) is 21.5 Å². The number of esters is 1. The lowest BCUT2D eigenvalue weighted by Gasteiger charge is -2.02. The molecule has 4 nitrogen and oxygen atoms in total. The zero-order valence-corrected chi connectivity index (χ0v) is 8.90. The first kappa shape index (κ1) is 11.8. The summed E-state index contributed by atoms with van der Waals surface area (Å²) in [5, 5.41) is 8.87. The van der Waals surface area contributed by atoms with Crippen molar-refractivity contribution < 1.29 is 19.4 Å². The highest BCUT2D eigenvalue weighted by Crippen LogP contribution is 2.12. The number of carbonyl (C=O) groups excluding carboxylic acids is 1. The molecule has 0 aliphatic rings. The van der Waals surface area contributed by atoms with Gasteiger partial charge in [-0.2, -0.15) is 0 Å². The van der Waals surface area contributed by atoms with E-state index in [9.17, 15) is 9.59 Å². The minimum atomic E-state index is -1.01. The number of ether oxygens (including phenoxy) is 1. The summed E-state index contributed by atoms with van der Waals surface area (Å²) in [7, 11) is 1.23. The number of methoxy groups -OCH3 is 1. The Balaban J connectivity index is 3.15. The number of carboxylic acid groups (broad SMARTS) is 1. The third kappa shape index (κ3) is 2.61. The first-order chi connectivity index (χ1) is 7.56. The van der Waals surface area contributed by atoms with Crippen molar-refractivity contribution in [3.05, 3.63) is 34.9 Å². The van der Waals surface area contributed by atoms with Crippen LogP contribution in [0.5, 0.6) is 0 Å². The molecule has 0 bridgehead atoms. The van der Waals surface area contributed by atoms with E-state index >= 15 is 0 Å². The van der Waals surface area contributed by atoms with Gasteiger partial charge in [-0.15, -0.1) is 0 Å². The van der Waals surface area contributed by atoms with Crippen molar-refractivity contribution in [1.29, 1.82) is 0 Å². The summed E-state index contributed by atoms with van der Waals surface area (Å²) >= 11 is 0. The van der Waals surface area contributed by atoms with E-state index in [1.165, 1.54) is 13.2 Å². The molecule has 0 unspecified atom stereocenters. The molecule has 4 heteroatoms. The van der Waals surface area contributed by atoms with Crippen LogP contribution in [-0.2, 0) is 9.53 Å². The molecular formula is C12H10O4. The van der Waals surface area contributed by atoms with Crippen LogP contribution >= 0.6 is 0 Å². The van der Waals surface area contributed by atoms with Crippen LogP contribution in [0.15, 0.2) is 18.2 Å². The molecule has 0 atom stereocenters. The van der Waals surface area contributed by atoms with Crippen molar-refractivity contribution in [1.82, 2.24) is 0 Å². The predicted octanol–water partition coefficient (Wildman–Crippen LogP) is 1.22. The van der Waals surface area contributed by atoms with Gasteiger partial charge in [0.25, 0.3) is 0 Å². The van der Waals surface area contributed by atoms with Crippen molar-refractivity contribution >= 4 is 11.9 Å². The molecule has 0 spiro atoms. The second-order valence-corrected chi connectivity index (χ2v) is 3.02. The van der Waals surface area contributed by atoms with E-state index in [1.54, 1.807) is 19.1 Å². The van der Waals surface area contributed by atoms with Gasteiger partial charge < -0.3 is 9.84 Å². The van der Waals surface area contributed by atoms with E-state index in [0.29, 0.717) is 11.1 Å². The van der Waals surface area contributed by atoms with Crippen molar-refractivity contribution in [3.8, 4) is 11.8 Å². The summed E-state index contributed by atoms with van der Waals surface area (Å²) in [5.74, 6) is 3.16. The average Bonchev–Trinajstić information content (AvgIpc) is 2.26. The highest BCUT2D eigenvalue weighted by Gasteiger charge is 2.08. The van der Waals surface area contributed by atoms with Gasteiger partial charge in [-0.1, -0.05) is 12.0 Å². The van der Waals surface area contributed by atoms with Crippen LogP contribution in [0.4, 0.5) is 0 Å². The number of benzene rings is 1. The van der Waals surface area contributed by atoms with Gasteiger partial charge in [0.15, 0.2) is 0 Å². The maximum atomic E-state index is 10.8. The second-order valence-electron chi connectivity index (χ2n) is 3.02. The van der Waals surface area contributed by atoms with Crippen LogP contribution in [0.25, 0.3) is 0 Å². The summed E-state index contributed by atoms with van der Waals surface area (Å²) in [6.07, 6.45) is 0. The normalized spacial score (nSPS) is 8.88. The fourth-order valence-corrected chi connectivity index (χ4v) is 1.17. The molecule has 0 aliphatic heterocycles. The van der Waals surface area contributed by atoms with Gasteiger partial charge in [0.1, 0.15) is 0 Å². The van der Waals surface area contributed by atoms with Crippen molar-refractivity contribution in [2.45, 2.75) is 6.92 Å². The highest BCUT2D eigenvalue weighted by atomic mass is 16.5. The molecule has 1 rings (SSSR count). The van der Waals surface area contributed by atoms with E-state index in [2.05, 4.69) is 16.6 Å². The van der Waals surface area contributed by atoms with Gasteiger partial charge >= 0.3 is 11.9 Å². The quantitative estimate of drug-likeness (QED) is 0.568. The maximum absolute atomic E-state index is 10.8. The summed E-state index contributed by atoms with van der Waals surface area (Å²) in [5.41, 5.74) is 1.22. The molecule has 1 aromatic carbocycles. The molecule has 0 saturated heterocycles. The Morgan fingerprint density at radius 1 is 1.38 bits per heavy atom. The van der Waals surface area contributed by atoms with Crippen LogP contribution in [-0.4, -0.2) is 24.2 Å². The number of carbonyl (C=O) groups is 2. The smallest absolute Gasteiger partial charge is 0.384 e. The van der Waals surface area contributed by atoms with Gasteiger partial charge in [0, 0.05) is 11.5 Å². The number of hydrogen-bond donors (Lipinski definition) is 1. The maximum Gasteiger partial charge on any atom is 0.384 e. The molecule has 0 saturated carbocycles. The van der Waals surface area contributed by atoms with Crippen molar-refractivity contribution in [2.75, 3.05) is 7.11 Å². The molecule has 0 aromatic heterocycles. The van der Waals surface area contributed by atoms with E-state index in [4.69, 9.17) is 5.11 Å². The topological polar surface area (TPSA) is 63.6 Å². The van der Waals surface area contributed by atoms with E-state index in [-0.39, 0.29) is 5.56 Å². The SMILES string of the molecule is COC(=O)C#Cc1cccc(C(=O)O)c1C. The third-order valence-corrected chi connectivity index (χ3v) is 2.05. The molecular weight excluding hydrogens is 208 g/mol. The van der Waals surface area contributed by atoms with Crippen LogP contribution < -0.4 is 0 Å². The largest absolute Gasteiger partial charge is 0.478 e. The number of rotatable bonds is 1. The zero-order valence-electron chi connectivity index (χ0n) is 8.90. The Morgan fingerprint density at radius 3 is 2.62 bits per heavy atom. The van der Waals surface area contributed by atoms with Crippen molar-refractivity contribution in [3.63, 3.8) is 0 Å². The Kier molecular flexibility index (Phi) is 3.67. The average molecular weight is 218 g/mol. The molecule has 1 aromatic rings. The molecule has 0 heterocycles. The standard InChI is InChI=1S/C12H10O4/c1-8-9(6-7-11(13)16-2)4-3-5-10(8)12(14)15/h3-5H,1-2H3,(H,14,15). The first-order valence-corrected chi connectivity index (χ1v) is 4.49. The molecule has 0 radical (unpaired) electrons. The van der Waals surface area contributed by atoms with Crippen LogP contribution in [0.2, 0.25) is 0 Å². The number of aromatic carboxylic acids is 1. The summed E-state index contributed by atoms with van der Waals surface area (Å²) < 4.78 is 4.36. The Morgan fingerprint density at radius 2 is 2.06 bits per heavy atom. The minimum absolute atomic E-state index is 0.177. The van der Waals surface area contributed by atoms with Crippen molar-refractivity contribution in [2.24, 2.45) is 0 Å². The third-order valence-electron chi connectivity index (χ3n) is 2.05. The predicted molar refractivity (Wildman–Crippen MR) is 57.0 cm³/mol. The monoisotopic (exact) mass is 218 g/mol. The Bertz CT molecular complexity index is 491. The Hall–Kier alpha value is -2.28. The number of hydrogen-bond acceptors (Lipinski definition) is 3. The summed E-state index contributed by atoms with van der Waals surface area (Å²) in [6.45, 7) is 1.64. The molecule has 0 aliphatic carbocycles. The van der Waals surface area contributed by atoms with Crippen LogP contribution in [0, 0.1) is 18.8 Å². The highest BCUT2D eigenvalue weighted by molar-refractivity contribution is 5.91. The fourth-order valence-electron chi connectivity index (χ4n) is 1.17. The lowest BCUT2D eigenvalue weighted by molar-refractivity contribution is -0.133. The fraction of sp³-hybridized carbons (Fsp3) is 0.167. The van der Waals surface area contributed by atoms with Crippen LogP contribution in [0.3, 0.4) is 0 Å². The van der Waals surface area contributed by atoms with Gasteiger partial charge in [-0.05, 0) is 24.6 Å². The Labute approximate surface area is 92.9 Å². The summed E-state index contributed by atoms with van der Waals surface area (Å²) in [4.78, 5) is 21.6. The van der Waals surface area contributed by atoms with E-state index in [0.717, 1.165) is 0 Å². The molecule has 16 heavy (non-hydrogen) atoms.